The van der Waals surface area contributed by atoms with Crippen LogP contribution in [0.2, 0.25) is 0 Å². The first-order valence-corrected chi connectivity index (χ1v) is 12.0. The molecular weight excluding hydrogens is 511 g/mol. The van der Waals surface area contributed by atoms with Gasteiger partial charge in [0.2, 0.25) is 0 Å². The Morgan fingerprint density at radius 3 is 3.00 bits per heavy atom. The Morgan fingerprint density at radius 1 is 1.38 bits per heavy atom. The zero-order chi connectivity index (χ0) is 20.0. The minimum atomic E-state index is -2.56. The van der Waals surface area contributed by atoms with E-state index in [1.54, 1.807) is 4.90 Å². The van der Waals surface area contributed by atoms with E-state index in [0.717, 1.165) is 33.3 Å². The molecule has 0 aliphatic carbocycles. The fourth-order valence-corrected chi connectivity index (χ4v) is 5.30. The summed E-state index contributed by atoms with van der Waals surface area (Å²) in [6, 6.07) is 1.88. The van der Waals surface area contributed by atoms with Crippen LogP contribution in [-0.2, 0) is 6.54 Å². The van der Waals surface area contributed by atoms with Gasteiger partial charge in [-0.25, -0.2) is 8.78 Å². The number of fused-ring (bicyclic) bond motifs is 1. The van der Waals surface area contributed by atoms with Crippen molar-refractivity contribution in [3.8, 4) is 0 Å². The van der Waals surface area contributed by atoms with E-state index in [1.165, 1.54) is 11.5 Å². The number of allylic oxidation sites excluding steroid dienone is 2. The zero-order valence-corrected chi connectivity index (χ0v) is 18.3. The van der Waals surface area contributed by atoms with Crippen LogP contribution >= 0.6 is 11.5 Å². The SMILES string of the molecule is Cc1cn2c(C3=CN[I-]C=C3)cnc2c(Nc2cc(CN3CC(F)(F)C3)ns2)n1. The summed E-state index contributed by atoms with van der Waals surface area (Å²) in [5.41, 5.74) is 4.41. The van der Waals surface area contributed by atoms with Gasteiger partial charge in [-0.05, 0) is 0 Å². The molecule has 3 aromatic heterocycles. The molecule has 2 aliphatic rings. The third kappa shape index (κ3) is 3.85. The number of hydrogen-bond donors (Lipinski definition) is 2. The predicted molar refractivity (Wildman–Crippen MR) is 104 cm³/mol. The number of hydrogen-bond acceptors (Lipinski definition) is 7. The van der Waals surface area contributed by atoms with Crippen molar-refractivity contribution < 1.29 is 30.3 Å². The number of aryl methyl sites for hydroxylation is 1. The van der Waals surface area contributed by atoms with E-state index in [-0.39, 0.29) is 34.6 Å². The first-order valence-electron chi connectivity index (χ1n) is 8.89. The van der Waals surface area contributed by atoms with Gasteiger partial charge >= 0.3 is 148 Å². The molecule has 7 nitrogen and oxygen atoms in total. The predicted octanol–water partition coefficient (Wildman–Crippen LogP) is 0.151. The van der Waals surface area contributed by atoms with Gasteiger partial charge in [-0.2, -0.15) is 0 Å². The fourth-order valence-electron chi connectivity index (χ4n) is 3.35. The molecule has 29 heavy (non-hydrogen) atoms. The zero-order valence-electron chi connectivity index (χ0n) is 15.4. The quantitative estimate of drug-likeness (QED) is 0.363. The van der Waals surface area contributed by atoms with Gasteiger partial charge in [-0.3, -0.25) is 4.90 Å². The van der Waals surface area contributed by atoms with Gasteiger partial charge in [0.1, 0.15) is 0 Å². The number of likely N-dealkylation sites (tertiary alicyclic amines) is 1. The summed E-state index contributed by atoms with van der Waals surface area (Å²) in [4.78, 5) is 10.8. The number of rotatable bonds is 5. The summed E-state index contributed by atoms with van der Waals surface area (Å²) in [5, 5.41) is 4.10. The molecule has 0 aromatic carbocycles. The van der Waals surface area contributed by atoms with Crippen molar-refractivity contribution in [1.82, 2.24) is 27.2 Å². The molecule has 152 valence electrons. The molecular formula is C18H17F2IN7S-. The van der Waals surface area contributed by atoms with Crippen LogP contribution in [-0.4, -0.2) is 42.7 Å². The first-order chi connectivity index (χ1) is 14.0. The van der Waals surface area contributed by atoms with Gasteiger partial charge in [0.05, 0.1) is 13.1 Å². The van der Waals surface area contributed by atoms with Crippen molar-refractivity contribution in [1.29, 1.82) is 0 Å². The maximum atomic E-state index is 13.0. The molecule has 0 unspecified atom stereocenters. The van der Waals surface area contributed by atoms with Gasteiger partial charge in [0, 0.05) is 0 Å². The number of anilines is 2. The molecule has 1 fully saturated rings. The summed E-state index contributed by atoms with van der Waals surface area (Å²) in [6.45, 7) is 1.95. The Hall–Kier alpha value is -2.12. The summed E-state index contributed by atoms with van der Waals surface area (Å²) in [6.07, 6.45) is 7.94. The molecule has 0 amide bonds. The van der Waals surface area contributed by atoms with E-state index in [2.05, 4.69) is 33.3 Å². The normalized spacial score (nSPS) is 18.7. The average molecular weight is 528 g/mol. The van der Waals surface area contributed by atoms with E-state index >= 15 is 0 Å². The summed E-state index contributed by atoms with van der Waals surface area (Å²) in [7, 11) is 0. The third-order valence-electron chi connectivity index (χ3n) is 4.58. The number of nitrogens with zero attached hydrogens (tertiary/aromatic N) is 5. The Bertz CT molecular complexity index is 1130. The molecule has 1 saturated heterocycles. The van der Waals surface area contributed by atoms with Crippen molar-refractivity contribution in [2.24, 2.45) is 0 Å². The average Bonchev–Trinajstić information content (AvgIpc) is 3.28. The second kappa shape index (κ2) is 7.29. The van der Waals surface area contributed by atoms with Crippen molar-refractivity contribution in [2.45, 2.75) is 19.4 Å². The van der Waals surface area contributed by atoms with Crippen LogP contribution in [0.1, 0.15) is 17.1 Å². The minimum absolute atomic E-state index is 0.0997. The number of aromatic nitrogens is 4. The molecule has 0 saturated carbocycles. The second-order valence-electron chi connectivity index (χ2n) is 6.99. The van der Waals surface area contributed by atoms with Crippen LogP contribution in [0.4, 0.5) is 19.6 Å². The first kappa shape index (κ1) is 18.9. The number of alkyl halides is 2. The van der Waals surface area contributed by atoms with Gasteiger partial charge in [-0.1, -0.05) is 0 Å². The molecule has 2 aliphatic heterocycles. The van der Waals surface area contributed by atoms with Crippen LogP contribution in [0.15, 0.2) is 34.8 Å². The molecule has 5 rings (SSSR count). The molecule has 11 heteroatoms. The summed E-state index contributed by atoms with van der Waals surface area (Å²) >= 11 is 1.19. The van der Waals surface area contributed by atoms with E-state index < -0.39 is 5.92 Å². The molecule has 3 aromatic rings. The van der Waals surface area contributed by atoms with Crippen LogP contribution in [0.25, 0.3) is 11.2 Å². The van der Waals surface area contributed by atoms with Crippen LogP contribution in [0.5, 0.6) is 0 Å². The molecule has 2 N–H and O–H groups in total. The molecule has 0 atom stereocenters. The van der Waals surface area contributed by atoms with Crippen LogP contribution in [0, 0.1) is 6.92 Å². The van der Waals surface area contributed by atoms with Gasteiger partial charge < -0.3 is 0 Å². The van der Waals surface area contributed by atoms with Gasteiger partial charge in [0.15, 0.2) is 0 Å². The van der Waals surface area contributed by atoms with Crippen LogP contribution < -0.4 is 30.3 Å². The van der Waals surface area contributed by atoms with Gasteiger partial charge in [0.25, 0.3) is 5.92 Å². The summed E-state index contributed by atoms with van der Waals surface area (Å²) in [5.74, 6) is -1.92. The van der Waals surface area contributed by atoms with Crippen molar-refractivity contribution in [3.05, 3.63) is 51.9 Å². The molecule has 0 spiro atoms. The Kier molecular flexibility index (Phi) is 4.75. The standard InChI is InChI=1S/C18H17F2IN7S/c1-11-7-28-14(12-2-3-21-23-5-12)6-22-17(28)16(24-11)25-15-4-13(26-29-15)8-27-9-18(19,20)10-27/h2-7,23H,8-10H2,1H3,(H,24,25)/q-1. The van der Waals surface area contributed by atoms with Crippen molar-refractivity contribution in [2.75, 3.05) is 18.4 Å². The van der Waals surface area contributed by atoms with Crippen molar-refractivity contribution >= 4 is 33.6 Å². The number of imidazole rings is 1. The van der Waals surface area contributed by atoms with E-state index in [4.69, 9.17) is 0 Å². The topological polar surface area (TPSA) is 70.4 Å². The van der Waals surface area contributed by atoms with E-state index in [9.17, 15) is 8.78 Å². The molecule has 0 radical (unpaired) electrons. The monoisotopic (exact) mass is 528 g/mol. The number of nitrogens with one attached hydrogen (secondary N) is 2. The van der Waals surface area contributed by atoms with E-state index in [0.29, 0.717) is 12.4 Å². The Labute approximate surface area is 180 Å². The van der Waals surface area contributed by atoms with Crippen molar-refractivity contribution in [3.63, 3.8) is 0 Å². The second-order valence-corrected chi connectivity index (χ2v) is 9.76. The number of halogens is 3. The fraction of sp³-hybridized carbons (Fsp3) is 0.278. The van der Waals surface area contributed by atoms with Crippen LogP contribution in [0.3, 0.4) is 0 Å². The Balaban J connectivity index is 1.39. The molecule has 5 heterocycles. The third-order valence-corrected chi connectivity index (χ3v) is 6.72. The van der Waals surface area contributed by atoms with E-state index in [1.807, 2.05) is 36.0 Å². The maximum absolute atomic E-state index is 13.0. The summed E-state index contributed by atoms with van der Waals surface area (Å²) < 4.78 is 37.9. The molecule has 0 bridgehead atoms. The van der Waals surface area contributed by atoms with Gasteiger partial charge in [-0.15, -0.1) is 0 Å². The Morgan fingerprint density at radius 2 is 2.24 bits per heavy atom.